The van der Waals surface area contributed by atoms with Gasteiger partial charge in [0.2, 0.25) is 5.91 Å². The Hall–Kier alpha value is -3.60. The summed E-state index contributed by atoms with van der Waals surface area (Å²) in [6.45, 7) is 3.75. The molecule has 144 valence electrons. The Balaban J connectivity index is 1.70. The zero-order valence-electron chi connectivity index (χ0n) is 15.6. The average Bonchev–Trinajstić information content (AvgIpc) is 3.05. The summed E-state index contributed by atoms with van der Waals surface area (Å²) < 4.78 is 11.1. The van der Waals surface area contributed by atoms with Gasteiger partial charge in [0.25, 0.3) is 0 Å². The summed E-state index contributed by atoms with van der Waals surface area (Å²) in [5.41, 5.74) is 3.06. The van der Waals surface area contributed by atoms with E-state index in [4.69, 9.17) is 14.7 Å². The lowest BCUT2D eigenvalue weighted by Crippen LogP contribution is -2.43. The minimum atomic E-state index is -0.530. The van der Waals surface area contributed by atoms with Crippen LogP contribution in [0.4, 0.5) is 4.79 Å². The molecule has 1 aromatic heterocycles. The Bertz CT molecular complexity index is 921. The second-order valence-electron chi connectivity index (χ2n) is 6.47. The van der Waals surface area contributed by atoms with E-state index in [1.54, 1.807) is 12.3 Å². The minimum Gasteiger partial charge on any atom is -0.491 e. The number of amides is 2. The molecule has 8 heteroatoms. The van der Waals surface area contributed by atoms with Crippen LogP contribution in [0.5, 0.6) is 5.75 Å². The van der Waals surface area contributed by atoms with Crippen LogP contribution in [0.15, 0.2) is 36.5 Å². The first kappa shape index (κ1) is 19.2. The Labute approximate surface area is 162 Å². The summed E-state index contributed by atoms with van der Waals surface area (Å²) in [5, 5.41) is 14.2. The van der Waals surface area contributed by atoms with Gasteiger partial charge in [0.05, 0.1) is 6.54 Å². The number of carbonyl (C=O) groups is 2. The predicted molar refractivity (Wildman–Crippen MR) is 100 cm³/mol. The topological polar surface area (TPSA) is 113 Å². The van der Waals surface area contributed by atoms with E-state index in [0.717, 1.165) is 16.7 Å². The molecular weight excluding hydrogens is 360 g/mol. The van der Waals surface area contributed by atoms with Crippen LogP contribution in [0.1, 0.15) is 18.2 Å². The predicted octanol–water partition coefficient (Wildman–Crippen LogP) is 1.92. The van der Waals surface area contributed by atoms with Gasteiger partial charge in [0.15, 0.2) is 0 Å². The molecule has 0 radical (unpaired) electrons. The van der Waals surface area contributed by atoms with Gasteiger partial charge in [-0.25, -0.2) is 9.78 Å². The van der Waals surface area contributed by atoms with Crippen molar-refractivity contribution in [2.24, 2.45) is 0 Å². The third-order valence-electron chi connectivity index (χ3n) is 4.38. The first-order valence-corrected chi connectivity index (χ1v) is 8.78. The van der Waals surface area contributed by atoms with Gasteiger partial charge in [0, 0.05) is 18.7 Å². The van der Waals surface area contributed by atoms with Crippen LogP contribution in [0.3, 0.4) is 0 Å². The molecule has 0 unspecified atom stereocenters. The van der Waals surface area contributed by atoms with Crippen molar-refractivity contribution in [2.45, 2.75) is 26.0 Å². The number of nitrogens with zero attached hydrogens (tertiary/aromatic N) is 2. The van der Waals surface area contributed by atoms with Gasteiger partial charge < -0.3 is 20.1 Å². The molecule has 3 rings (SSSR count). The number of nitrogens with one attached hydrogen (secondary N) is 2. The fourth-order valence-electron chi connectivity index (χ4n) is 2.82. The van der Waals surface area contributed by atoms with Gasteiger partial charge in [-0.3, -0.25) is 4.79 Å². The van der Waals surface area contributed by atoms with E-state index >= 15 is 0 Å². The third kappa shape index (κ3) is 4.57. The maximum Gasteiger partial charge on any atom is 0.408 e. The number of ether oxygens (including phenoxy) is 2. The maximum absolute atomic E-state index is 11.5. The third-order valence-corrected chi connectivity index (χ3v) is 4.38. The van der Waals surface area contributed by atoms with E-state index in [-0.39, 0.29) is 25.1 Å². The largest absolute Gasteiger partial charge is 0.491 e. The number of carbonyl (C=O) groups excluding carboxylic acids is 2. The highest BCUT2D eigenvalue weighted by atomic mass is 16.6. The molecule has 0 bridgehead atoms. The first-order chi connectivity index (χ1) is 13.5. The van der Waals surface area contributed by atoms with Crippen LogP contribution < -0.4 is 15.4 Å². The molecule has 0 saturated carbocycles. The minimum absolute atomic E-state index is 0.192. The fourth-order valence-corrected chi connectivity index (χ4v) is 2.82. The maximum atomic E-state index is 11.5. The van der Waals surface area contributed by atoms with Crippen LogP contribution in [-0.2, 0) is 9.53 Å². The fraction of sp³-hybridized carbons (Fsp3) is 0.300. The molecule has 1 aromatic carbocycles. The molecule has 0 aliphatic carbocycles. The molecule has 0 spiro atoms. The van der Waals surface area contributed by atoms with Gasteiger partial charge in [-0.2, -0.15) is 5.26 Å². The molecule has 1 aliphatic rings. The van der Waals surface area contributed by atoms with E-state index in [9.17, 15) is 9.59 Å². The Morgan fingerprint density at radius 2 is 2.14 bits per heavy atom. The molecule has 1 fully saturated rings. The lowest BCUT2D eigenvalue weighted by molar-refractivity contribution is -0.119. The molecule has 2 atom stereocenters. The number of rotatable bonds is 6. The number of aromatic nitrogens is 1. The molecule has 28 heavy (non-hydrogen) atoms. The number of cyclic esters (lactones) is 1. The van der Waals surface area contributed by atoms with E-state index in [0.29, 0.717) is 11.4 Å². The van der Waals surface area contributed by atoms with Crippen molar-refractivity contribution in [2.75, 3.05) is 13.2 Å². The van der Waals surface area contributed by atoms with Crippen molar-refractivity contribution in [1.29, 1.82) is 5.26 Å². The van der Waals surface area contributed by atoms with Crippen molar-refractivity contribution in [3.05, 3.63) is 47.8 Å². The number of aryl methyl sites for hydroxylation is 1. The summed E-state index contributed by atoms with van der Waals surface area (Å²) >= 11 is 0. The zero-order valence-corrected chi connectivity index (χ0v) is 15.6. The quantitative estimate of drug-likeness (QED) is 0.792. The summed E-state index contributed by atoms with van der Waals surface area (Å²) in [6.07, 6.45) is 0.613. The van der Waals surface area contributed by atoms with E-state index in [1.165, 1.54) is 6.92 Å². The van der Waals surface area contributed by atoms with Crippen molar-refractivity contribution < 1.29 is 19.1 Å². The Morgan fingerprint density at radius 1 is 1.36 bits per heavy atom. The number of hydrogen-bond acceptors (Lipinski definition) is 6. The summed E-state index contributed by atoms with van der Waals surface area (Å²) in [7, 11) is 0. The van der Waals surface area contributed by atoms with Crippen molar-refractivity contribution in [3.8, 4) is 22.9 Å². The molecule has 2 amide bonds. The van der Waals surface area contributed by atoms with Gasteiger partial charge in [-0.15, -0.1) is 0 Å². The molecular formula is C20H20N4O4. The molecule has 2 aromatic rings. The summed E-state index contributed by atoms with van der Waals surface area (Å²) in [5.74, 6) is 0.475. The van der Waals surface area contributed by atoms with E-state index in [2.05, 4.69) is 15.6 Å². The van der Waals surface area contributed by atoms with Crippen molar-refractivity contribution >= 4 is 12.0 Å². The van der Waals surface area contributed by atoms with Crippen molar-refractivity contribution in [1.82, 2.24) is 15.6 Å². The van der Waals surface area contributed by atoms with Gasteiger partial charge in [0.1, 0.15) is 36.3 Å². The second kappa shape index (κ2) is 8.39. The number of alkyl carbamates (subject to hydrolysis) is 1. The van der Waals surface area contributed by atoms with Gasteiger partial charge >= 0.3 is 6.09 Å². The lowest BCUT2D eigenvalue weighted by Gasteiger charge is -2.19. The van der Waals surface area contributed by atoms with Crippen LogP contribution >= 0.6 is 0 Å². The number of nitriles is 1. The summed E-state index contributed by atoms with van der Waals surface area (Å²) in [6, 6.07) is 10.9. The summed E-state index contributed by atoms with van der Waals surface area (Å²) in [4.78, 5) is 26.7. The van der Waals surface area contributed by atoms with E-state index in [1.807, 2.05) is 37.3 Å². The molecule has 2 N–H and O–H groups in total. The Kier molecular flexibility index (Phi) is 5.75. The van der Waals surface area contributed by atoms with Crippen LogP contribution in [0.25, 0.3) is 11.1 Å². The number of pyridine rings is 1. The molecule has 1 saturated heterocycles. The molecule has 2 heterocycles. The Morgan fingerprint density at radius 3 is 2.82 bits per heavy atom. The number of hydrogen-bond donors (Lipinski definition) is 2. The lowest BCUT2D eigenvalue weighted by atomic mass is 10.0. The van der Waals surface area contributed by atoms with Crippen molar-refractivity contribution in [3.63, 3.8) is 0 Å². The molecule has 1 aliphatic heterocycles. The second-order valence-corrected chi connectivity index (χ2v) is 6.47. The van der Waals surface area contributed by atoms with Crippen LogP contribution in [-0.4, -0.2) is 42.3 Å². The highest BCUT2D eigenvalue weighted by Gasteiger charge is 2.34. The smallest absolute Gasteiger partial charge is 0.408 e. The van der Waals surface area contributed by atoms with E-state index < -0.39 is 12.2 Å². The SMILES string of the molecule is CC(=O)NC[C@@H]1OC(=O)N[C@H]1COc1cc(-c2ccc(C#N)nc2)ccc1C. The average molecular weight is 380 g/mol. The molecule has 8 nitrogen and oxygen atoms in total. The van der Waals surface area contributed by atoms with Crippen LogP contribution in [0, 0.1) is 18.3 Å². The normalized spacial score (nSPS) is 18.0. The first-order valence-electron chi connectivity index (χ1n) is 8.78. The standard InChI is InChI=1S/C20H20N4O4/c1-12-3-4-14(15-5-6-16(8-21)23-9-15)7-18(12)27-11-17-19(10-22-13(2)25)28-20(26)24-17/h3-7,9,17,19H,10-11H2,1-2H3,(H,22,25)(H,24,26)/t17-,19-/m0/s1. The zero-order chi connectivity index (χ0) is 20.1. The van der Waals surface area contributed by atoms with Gasteiger partial charge in [-0.05, 0) is 36.2 Å². The number of benzene rings is 1. The van der Waals surface area contributed by atoms with Crippen LogP contribution in [0.2, 0.25) is 0 Å². The highest BCUT2D eigenvalue weighted by Crippen LogP contribution is 2.27. The monoisotopic (exact) mass is 380 g/mol. The highest BCUT2D eigenvalue weighted by molar-refractivity contribution is 5.73. The van der Waals surface area contributed by atoms with Gasteiger partial charge in [-0.1, -0.05) is 12.1 Å².